The molecule has 29 heavy (non-hydrogen) atoms. The standard InChI is InChI=1S/C23H22BrCl2NO2/c1-15(17-6-4-3-5-7-17)27-13-16-10-20(24)23(22(11-16)28-2)29-14-18-8-9-19(25)12-21(18)26/h3-12,15,27H,13-14H2,1-2H3/t15-/m0/s1. The predicted molar refractivity (Wildman–Crippen MR) is 123 cm³/mol. The Bertz CT molecular complexity index is 967. The summed E-state index contributed by atoms with van der Waals surface area (Å²) in [5.74, 6) is 1.30. The largest absolute Gasteiger partial charge is 0.493 e. The molecule has 1 atom stereocenters. The van der Waals surface area contributed by atoms with Gasteiger partial charge in [0.1, 0.15) is 6.61 Å². The maximum Gasteiger partial charge on any atom is 0.175 e. The van der Waals surface area contributed by atoms with Gasteiger partial charge in [0.15, 0.2) is 11.5 Å². The van der Waals surface area contributed by atoms with Gasteiger partial charge in [-0.25, -0.2) is 0 Å². The lowest BCUT2D eigenvalue weighted by Crippen LogP contribution is -2.18. The van der Waals surface area contributed by atoms with Gasteiger partial charge in [-0.05, 0) is 58.2 Å². The second-order valence-electron chi connectivity index (χ2n) is 6.65. The molecule has 0 amide bonds. The number of halogens is 3. The Labute approximate surface area is 190 Å². The van der Waals surface area contributed by atoms with Crippen molar-refractivity contribution in [2.24, 2.45) is 0 Å². The average Bonchev–Trinajstić information content (AvgIpc) is 2.72. The fourth-order valence-corrected chi connectivity index (χ4v) is 4.00. The van der Waals surface area contributed by atoms with Crippen LogP contribution in [-0.2, 0) is 13.2 Å². The third kappa shape index (κ3) is 5.89. The Hall–Kier alpha value is -1.72. The van der Waals surface area contributed by atoms with E-state index in [1.165, 1.54) is 5.56 Å². The molecular weight excluding hydrogens is 473 g/mol. The van der Waals surface area contributed by atoms with Crippen LogP contribution in [0.1, 0.15) is 29.7 Å². The van der Waals surface area contributed by atoms with Gasteiger partial charge >= 0.3 is 0 Å². The molecular formula is C23H22BrCl2NO2. The van der Waals surface area contributed by atoms with Gasteiger partial charge in [0.25, 0.3) is 0 Å². The molecule has 0 aliphatic heterocycles. The van der Waals surface area contributed by atoms with Gasteiger partial charge < -0.3 is 14.8 Å². The van der Waals surface area contributed by atoms with Crippen molar-refractivity contribution in [2.75, 3.05) is 7.11 Å². The lowest BCUT2D eigenvalue weighted by atomic mass is 10.1. The molecule has 0 aliphatic rings. The zero-order chi connectivity index (χ0) is 20.8. The summed E-state index contributed by atoms with van der Waals surface area (Å²) in [5.41, 5.74) is 3.19. The van der Waals surface area contributed by atoms with Gasteiger partial charge in [0.05, 0.1) is 11.6 Å². The Morgan fingerprint density at radius 2 is 1.79 bits per heavy atom. The molecule has 0 aromatic heterocycles. The van der Waals surface area contributed by atoms with Gasteiger partial charge in [-0.2, -0.15) is 0 Å². The van der Waals surface area contributed by atoms with Crippen molar-refractivity contribution in [2.45, 2.75) is 26.1 Å². The minimum atomic E-state index is 0.240. The molecule has 6 heteroatoms. The van der Waals surface area contributed by atoms with E-state index in [1.807, 2.05) is 36.4 Å². The number of ether oxygens (including phenoxy) is 2. The number of methoxy groups -OCH3 is 1. The number of benzene rings is 3. The molecule has 3 aromatic rings. The Kier molecular flexibility index (Phi) is 7.84. The summed E-state index contributed by atoms with van der Waals surface area (Å²) in [4.78, 5) is 0. The Balaban J connectivity index is 1.70. The van der Waals surface area contributed by atoms with Crippen LogP contribution in [0.2, 0.25) is 10.0 Å². The zero-order valence-corrected chi connectivity index (χ0v) is 19.3. The maximum absolute atomic E-state index is 6.24. The molecule has 0 bridgehead atoms. The summed E-state index contributed by atoms with van der Waals surface area (Å²) < 4.78 is 12.4. The Morgan fingerprint density at radius 1 is 1.03 bits per heavy atom. The maximum atomic E-state index is 6.24. The highest BCUT2D eigenvalue weighted by Gasteiger charge is 2.14. The van der Waals surface area contributed by atoms with Crippen molar-refractivity contribution in [1.29, 1.82) is 0 Å². The Morgan fingerprint density at radius 3 is 2.48 bits per heavy atom. The van der Waals surface area contributed by atoms with Gasteiger partial charge in [-0.15, -0.1) is 0 Å². The molecule has 0 fully saturated rings. The summed E-state index contributed by atoms with van der Waals surface area (Å²) >= 11 is 15.8. The highest BCUT2D eigenvalue weighted by molar-refractivity contribution is 9.10. The second kappa shape index (κ2) is 10.4. The summed E-state index contributed by atoms with van der Waals surface area (Å²) in [6, 6.07) is 20.0. The molecule has 0 radical (unpaired) electrons. The summed E-state index contributed by atoms with van der Waals surface area (Å²) in [7, 11) is 1.63. The molecule has 152 valence electrons. The van der Waals surface area contributed by atoms with Crippen LogP contribution in [0.15, 0.2) is 65.1 Å². The van der Waals surface area contributed by atoms with Crippen molar-refractivity contribution in [3.05, 3.63) is 91.9 Å². The van der Waals surface area contributed by atoms with Gasteiger partial charge in [-0.1, -0.05) is 59.6 Å². The van der Waals surface area contributed by atoms with Crippen molar-refractivity contribution in [3.63, 3.8) is 0 Å². The topological polar surface area (TPSA) is 30.5 Å². The highest BCUT2D eigenvalue weighted by Crippen LogP contribution is 2.37. The van der Waals surface area contributed by atoms with Crippen LogP contribution in [0.5, 0.6) is 11.5 Å². The quantitative estimate of drug-likeness (QED) is 0.359. The first kappa shape index (κ1) is 22.0. The molecule has 0 unspecified atom stereocenters. The number of hydrogen-bond donors (Lipinski definition) is 1. The molecule has 3 aromatic carbocycles. The molecule has 0 spiro atoms. The molecule has 0 saturated heterocycles. The second-order valence-corrected chi connectivity index (χ2v) is 8.34. The smallest absolute Gasteiger partial charge is 0.175 e. The van der Waals surface area contributed by atoms with Crippen molar-refractivity contribution < 1.29 is 9.47 Å². The van der Waals surface area contributed by atoms with Crippen LogP contribution in [-0.4, -0.2) is 7.11 Å². The first-order valence-electron chi connectivity index (χ1n) is 9.19. The molecule has 0 aliphatic carbocycles. The van der Waals surface area contributed by atoms with Crippen molar-refractivity contribution in [1.82, 2.24) is 5.32 Å². The van der Waals surface area contributed by atoms with E-state index in [1.54, 1.807) is 19.2 Å². The molecule has 1 N–H and O–H groups in total. The third-order valence-corrected chi connectivity index (χ3v) is 5.76. The molecule has 3 nitrogen and oxygen atoms in total. The minimum absolute atomic E-state index is 0.240. The minimum Gasteiger partial charge on any atom is -0.493 e. The summed E-state index contributed by atoms with van der Waals surface area (Å²) in [6.07, 6.45) is 0. The number of rotatable bonds is 8. The van der Waals surface area contributed by atoms with Crippen molar-refractivity contribution >= 4 is 39.1 Å². The lowest BCUT2D eigenvalue weighted by Gasteiger charge is -2.17. The van der Waals surface area contributed by atoms with Gasteiger partial charge in [0.2, 0.25) is 0 Å². The predicted octanol–water partition coefficient (Wildman–Crippen LogP) is 7.19. The molecule has 3 rings (SSSR count). The zero-order valence-electron chi connectivity index (χ0n) is 16.2. The lowest BCUT2D eigenvalue weighted by molar-refractivity contribution is 0.282. The SMILES string of the molecule is COc1cc(CN[C@@H](C)c2ccccc2)cc(Br)c1OCc1ccc(Cl)cc1Cl. The monoisotopic (exact) mass is 493 g/mol. The molecule has 0 saturated carbocycles. The summed E-state index contributed by atoms with van der Waals surface area (Å²) in [6.45, 7) is 3.16. The fraction of sp³-hybridized carbons (Fsp3) is 0.217. The van der Waals surface area contributed by atoms with Gasteiger partial charge in [-0.3, -0.25) is 0 Å². The number of nitrogens with one attached hydrogen (secondary N) is 1. The first-order chi connectivity index (χ1) is 14.0. The molecule has 0 heterocycles. The first-order valence-corrected chi connectivity index (χ1v) is 10.7. The van der Waals surface area contributed by atoms with Crippen LogP contribution in [0, 0.1) is 0 Å². The van der Waals surface area contributed by atoms with Crippen LogP contribution in [0.3, 0.4) is 0 Å². The van der Waals surface area contributed by atoms with E-state index in [0.717, 1.165) is 15.6 Å². The summed E-state index contributed by atoms with van der Waals surface area (Å²) in [5, 5.41) is 4.71. The van der Waals surface area contributed by atoms with Crippen molar-refractivity contribution in [3.8, 4) is 11.5 Å². The van der Waals surface area contributed by atoms with Crippen LogP contribution in [0.4, 0.5) is 0 Å². The van der Waals surface area contributed by atoms with Crippen LogP contribution >= 0.6 is 39.1 Å². The van der Waals surface area contributed by atoms with E-state index in [2.05, 4.69) is 40.3 Å². The van der Waals surface area contributed by atoms with Gasteiger partial charge in [0, 0.05) is 28.2 Å². The average molecular weight is 495 g/mol. The number of hydrogen-bond acceptors (Lipinski definition) is 3. The highest BCUT2D eigenvalue weighted by atomic mass is 79.9. The van der Waals surface area contributed by atoms with E-state index < -0.39 is 0 Å². The van der Waals surface area contributed by atoms with Crippen LogP contribution in [0.25, 0.3) is 0 Å². The van der Waals surface area contributed by atoms with E-state index in [4.69, 9.17) is 32.7 Å². The van der Waals surface area contributed by atoms with E-state index in [0.29, 0.717) is 34.7 Å². The van der Waals surface area contributed by atoms with E-state index in [-0.39, 0.29) is 6.04 Å². The normalized spacial score (nSPS) is 11.9. The van der Waals surface area contributed by atoms with E-state index >= 15 is 0 Å². The van der Waals surface area contributed by atoms with E-state index in [9.17, 15) is 0 Å². The third-order valence-electron chi connectivity index (χ3n) is 4.59. The fourth-order valence-electron chi connectivity index (χ4n) is 2.93. The van der Waals surface area contributed by atoms with Crippen LogP contribution < -0.4 is 14.8 Å².